The minimum Gasteiger partial charge on any atom is -0.326 e. The minimum atomic E-state index is 0.470. The topological polar surface area (TPSA) is 17.8 Å². The van der Waals surface area contributed by atoms with Crippen molar-refractivity contribution in [2.24, 2.45) is 11.3 Å². The van der Waals surface area contributed by atoms with E-state index in [1.165, 1.54) is 23.9 Å². The van der Waals surface area contributed by atoms with Gasteiger partial charge in [-0.15, -0.1) is 11.6 Å². The van der Waals surface area contributed by atoms with Gasteiger partial charge in [-0.05, 0) is 48.8 Å². The Labute approximate surface area is 119 Å². The molecule has 1 heterocycles. The summed E-state index contributed by atoms with van der Waals surface area (Å²) in [5.41, 5.74) is 4.06. The molecule has 0 saturated heterocycles. The van der Waals surface area contributed by atoms with Crippen molar-refractivity contribution in [3.63, 3.8) is 0 Å². The van der Waals surface area contributed by atoms with Gasteiger partial charge in [0, 0.05) is 6.54 Å². The molecule has 0 unspecified atom stereocenters. The highest BCUT2D eigenvalue weighted by Crippen LogP contribution is 2.53. The van der Waals surface area contributed by atoms with Gasteiger partial charge < -0.3 is 4.57 Å². The number of nitrogens with zero attached hydrogens (tertiary/aromatic N) is 2. The fourth-order valence-corrected chi connectivity index (χ4v) is 3.16. The second kappa shape index (κ2) is 4.52. The summed E-state index contributed by atoms with van der Waals surface area (Å²) in [6.45, 7) is 7.86. The summed E-state index contributed by atoms with van der Waals surface area (Å²) in [5, 5.41) is 0. The fraction of sp³-hybridized carbons (Fsp3) is 0.562. The van der Waals surface area contributed by atoms with Crippen LogP contribution in [-0.2, 0) is 12.4 Å². The maximum Gasteiger partial charge on any atom is 0.124 e. The molecule has 1 aliphatic carbocycles. The lowest BCUT2D eigenvalue weighted by atomic mass is 9.92. The monoisotopic (exact) mass is 276 g/mol. The average molecular weight is 277 g/mol. The van der Waals surface area contributed by atoms with Gasteiger partial charge in [0.05, 0.1) is 16.9 Å². The van der Waals surface area contributed by atoms with Crippen LogP contribution in [0.3, 0.4) is 0 Å². The number of benzene rings is 1. The molecule has 1 aromatic carbocycles. The van der Waals surface area contributed by atoms with Gasteiger partial charge in [0.25, 0.3) is 0 Å². The number of aryl methyl sites for hydroxylation is 1. The summed E-state index contributed by atoms with van der Waals surface area (Å²) in [5.74, 6) is 2.22. The van der Waals surface area contributed by atoms with Crippen LogP contribution in [0.15, 0.2) is 18.2 Å². The first kappa shape index (κ1) is 13.0. The van der Waals surface area contributed by atoms with Crippen molar-refractivity contribution in [2.45, 2.75) is 46.0 Å². The third-order valence-corrected chi connectivity index (χ3v) is 4.93. The smallest absolute Gasteiger partial charge is 0.124 e. The lowest BCUT2D eigenvalue weighted by molar-refractivity contribution is 0.309. The van der Waals surface area contributed by atoms with Crippen LogP contribution in [0.4, 0.5) is 0 Å². The van der Waals surface area contributed by atoms with Crippen molar-refractivity contribution in [3.05, 3.63) is 29.6 Å². The summed E-state index contributed by atoms with van der Waals surface area (Å²) < 4.78 is 2.35. The Hall–Kier alpha value is -1.02. The van der Waals surface area contributed by atoms with Gasteiger partial charge in [0.2, 0.25) is 0 Å². The van der Waals surface area contributed by atoms with Crippen LogP contribution in [0.25, 0.3) is 11.0 Å². The molecule has 2 nitrogen and oxygen atoms in total. The van der Waals surface area contributed by atoms with E-state index in [2.05, 4.69) is 48.5 Å². The van der Waals surface area contributed by atoms with Crippen LogP contribution in [0, 0.1) is 18.3 Å². The molecular weight excluding hydrogens is 256 g/mol. The molecule has 0 spiro atoms. The zero-order valence-electron chi connectivity index (χ0n) is 11.9. The first-order chi connectivity index (χ1) is 9.05. The van der Waals surface area contributed by atoms with E-state index in [1.807, 2.05) is 0 Å². The molecule has 1 fully saturated rings. The van der Waals surface area contributed by atoms with E-state index in [4.69, 9.17) is 11.6 Å². The number of imidazole rings is 1. The lowest BCUT2D eigenvalue weighted by Crippen LogP contribution is -2.19. The summed E-state index contributed by atoms with van der Waals surface area (Å²) in [6, 6.07) is 6.45. The highest BCUT2D eigenvalue weighted by molar-refractivity contribution is 6.16. The van der Waals surface area contributed by atoms with Gasteiger partial charge in [-0.2, -0.15) is 0 Å². The number of aromatic nitrogens is 2. The number of halogens is 1. The van der Waals surface area contributed by atoms with Gasteiger partial charge in [-0.3, -0.25) is 0 Å². The zero-order chi connectivity index (χ0) is 13.6. The van der Waals surface area contributed by atoms with Gasteiger partial charge in [0.15, 0.2) is 0 Å². The highest BCUT2D eigenvalue weighted by Gasteiger charge is 2.45. The predicted molar refractivity (Wildman–Crippen MR) is 80.5 cm³/mol. The number of alkyl halides is 1. The summed E-state index contributed by atoms with van der Waals surface area (Å²) in [4.78, 5) is 4.67. The van der Waals surface area contributed by atoms with Crippen molar-refractivity contribution in [2.75, 3.05) is 0 Å². The second-order valence-corrected chi connectivity index (χ2v) is 6.52. The standard InChI is InChI=1S/C16H21ClN2/c1-11(2)16(6-7-16)10-19-14-8-12(3)4-5-13(14)18-15(19)9-17/h4-5,8,11H,6-7,9-10H2,1-3H3. The minimum absolute atomic E-state index is 0.470. The first-order valence-corrected chi connectivity index (χ1v) is 7.61. The van der Waals surface area contributed by atoms with Crippen LogP contribution in [-0.4, -0.2) is 9.55 Å². The summed E-state index contributed by atoms with van der Waals surface area (Å²) in [7, 11) is 0. The normalized spacial score (nSPS) is 17.3. The van der Waals surface area contributed by atoms with Gasteiger partial charge in [-0.1, -0.05) is 19.9 Å². The molecule has 3 rings (SSSR count). The molecule has 3 heteroatoms. The van der Waals surface area contributed by atoms with Crippen molar-refractivity contribution >= 4 is 22.6 Å². The van der Waals surface area contributed by atoms with E-state index >= 15 is 0 Å². The molecule has 0 radical (unpaired) electrons. The Morgan fingerprint density at radius 2 is 2.11 bits per heavy atom. The molecule has 2 aromatic rings. The van der Waals surface area contributed by atoms with Crippen LogP contribution in [0.2, 0.25) is 0 Å². The van der Waals surface area contributed by atoms with Crippen molar-refractivity contribution in [3.8, 4) is 0 Å². The van der Waals surface area contributed by atoms with Crippen LogP contribution < -0.4 is 0 Å². The van der Waals surface area contributed by atoms with E-state index in [0.717, 1.165) is 23.8 Å². The molecule has 0 N–H and O–H groups in total. The molecule has 19 heavy (non-hydrogen) atoms. The molecule has 1 aromatic heterocycles. The van der Waals surface area contributed by atoms with Crippen molar-refractivity contribution in [1.82, 2.24) is 9.55 Å². The van der Waals surface area contributed by atoms with Gasteiger partial charge >= 0.3 is 0 Å². The molecule has 0 amide bonds. The fourth-order valence-electron chi connectivity index (χ4n) is 2.95. The highest BCUT2D eigenvalue weighted by atomic mass is 35.5. The maximum absolute atomic E-state index is 6.09. The van der Waals surface area contributed by atoms with E-state index in [-0.39, 0.29) is 0 Å². The number of fused-ring (bicyclic) bond motifs is 1. The second-order valence-electron chi connectivity index (χ2n) is 6.26. The van der Waals surface area contributed by atoms with Gasteiger partial charge in [-0.25, -0.2) is 4.98 Å². The van der Waals surface area contributed by atoms with E-state index in [1.54, 1.807) is 0 Å². The van der Waals surface area contributed by atoms with E-state index in [9.17, 15) is 0 Å². The number of hydrogen-bond donors (Lipinski definition) is 0. The Balaban J connectivity index is 2.08. The molecule has 0 aliphatic heterocycles. The largest absolute Gasteiger partial charge is 0.326 e. The molecule has 0 bridgehead atoms. The Bertz CT molecular complexity index is 608. The van der Waals surface area contributed by atoms with E-state index < -0.39 is 0 Å². The summed E-state index contributed by atoms with van der Waals surface area (Å²) >= 11 is 6.09. The number of rotatable bonds is 4. The molecule has 1 aliphatic rings. The maximum atomic E-state index is 6.09. The quantitative estimate of drug-likeness (QED) is 0.751. The van der Waals surface area contributed by atoms with Crippen molar-refractivity contribution < 1.29 is 0 Å². The SMILES string of the molecule is Cc1ccc2nc(CCl)n(CC3(C(C)C)CC3)c2c1. The van der Waals surface area contributed by atoms with Crippen LogP contribution in [0.5, 0.6) is 0 Å². The number of hydrogen-bond acceptors (Lipinski definition) is 1. The van der Waals surface area contributed by atoms with Crippen molar-refractivity contribution in [1.29, 1.82) is 0 Å². The Morgan fingerprint density at radius 1 is 1.37 bits per heavy atom. The Kier molecular flexibility index (Phi) is 3.09. The molecule has 1 saturated carbocycles. The summed E-state index contributed by atoms with van der Waals surface area (Å²) in [6.07, 6.45) is 2.66. The third kappa shape index (κ3) is 2.16. The average Bonchev–Trinajstić information content (AvgIpc) is 3.09. The first-order valence-electron chi connectivity index (χ1n) is 7.07. The van der Waals surface area contributed by atoms with Crippen LogP contribution >= 0.6 is 11.6 Å². The molecule has 0 atom stereocenters. The molecule has 102 valence electrons. The van der Waals surface area contributed by atoms with Gasteiger partial charge in [0.1, 0.15) is 5.82 Å². The zero-order valence-corrected chi connectivity index (χ0v) is 12.7. The van der Waals surface area contributed by atoms with E-state index in [0.29, 0.717) is 11.3 Å². The molecular formula is C16H21ClN2. The Morgan fingerprint density at radius 3 is 2.68 bits per heavy atom. The third-order valence-electron chi connectivity index (χ3n) is 4.69. The lowest BCUT2D eigenvalue weighted by Gasteiger charge is -2.21. The van der Waals surface area contributed by atoms with Crippen LogP contribution in [0.1, 0.15) is 38.1 Å². The predicted octanol–water partition coefficient (Wildman–Crippen LogP) is 4.52.